The van der Waals surface area contributed by atoms with Crippen LogP contribution in [0.2, 0.25) is 0 Å². The number of aryl methyl sites for hydroxylation is 2. The van der Waals surface area contributed by atoms with E-state index in [0.717, 1.165) is 38.2 Å². The minimum absolute atomic E-state index is 0.133. The number of aromatic nitrogens is 3. The van der Waals surface area contributed by atoms with Gasteiger partial charge in [0.25, 0.3) is 0 Å². The van der Waals surface area contributed by atoms with Crippen LogP contribution in [-0.2, 0) is 24.9 Å². The van der Waals surface area contributed by atoms with Crippen molar-refractivity contribution in [3.63, 3.8) is 0 Å². The Kier molecular flexibility index (Phi) is 4.79. The fourth-order valence-corrected chi connectivity index (χ4v) is 3.15. The first-order chi connectivity index (χ1) is 11.2. The van der Waals surface area contributed by atoms with Crippen molar-refractivity contribution < 1.29 is 4.74 Å². The lowest BCUT2D eigenvalue weighted by Crippen LogP contribution is -2.24. The van der Waals surface area contributed by atoms with Gasteiger partial charge in [0.2, 0.25) is 0 Å². The van der Waals surface area contributed by atoms with E-state index in [4.69, 9.17) is 10.00 Å². The lowest BCUT2D eigenvalue weighted by molar-refractivity contribution is 0.0904. The van der Waals surface area contributed by atoms with Gasteiger partial charge in [0.15, 0.2) is 0 Å². The summed E-state index contributed by atoms with van der Waals surface area (Å²) in [5, 5.41) is 16.8. The minimum atomic E-state index is 0.133. The van der Waals surface area contributed by atoms with Crippen molar-refractivity contribution in [3.8, 4) is 6.07 Å². The fourth-order valence-electron chi connectivity index (χ4n) is 3.15. The minimum Gasteiger partial charge on any atom is -0.373 e. The average molecular weight is 313 g/mol. The second-order valence-corrected chi connectivity index (χ2v) is 6.06. The Morgan fingerprint density at radius 1 is 1.48 bits per heavy atom. The predicted octanol–water partition coefficient (Wildman–Crippen LogP) is 1.98. The molecule has 1 aliphatic heterocycles. The summed E-state index contributed by atoms with van der Waals surface area (Å²) in [6, 6.07) is 4.12. The lowest BCUT2D eigenvalue weighted by Gasteiger charge is -2.17. The van der Waals surface area contributed by atoms with Gasteiger partial charge in [0.05, 0.1) is 12.3 Å². The highest BCUT2D eigenvalue weighted by atomic mass is 16.5. The van der Waals surface area contributed by atoms with E-state index < -0.39 is 0 Å². The zero-order valence-electron chi connectivity index (χ0n) is 13.7. The van der Waals surface area contributed by atoms with Crippen molar-refractivity contribution in [1.82, 2.24) is 19.7 Å². The van der Waals surface area contributed by atoms with Crippen LogP contribution in [0.5, 0.6) is 0 Å². The molecule has 0 aromatic carbocycles. The fraction of sp³-hybridized carbons (Fsp3) is 0.529. The maximum absolute atomic E-state index is 9.00. The molecule has 6 heteroatoms. The zero-order valence-corrected chi connectivity index (χ0v) is 13.7. The Morgan fingerprint density at radius 3 is 3.04 bits per heavy atom. The topological polar surface area (TPSA) is 67.8 Å². The van der Waals surface area contributed by atoms with Crippen LogP contribution in [0.4, 0.5) is 0 Å². The Hall–Kier alpha value is -2.10. The van der Waals surface area contributed by atoms with E-state index >= 15 is 0 Å². The molecule has 0 aliphatic carbocycles. The standard InChI is InChI=1S/C17H23N5O/c1-3-22-12-15(10-20-22)17-14(4-5-23-17)9-19-8-13-6-16(7-18)21(2)11-13/h6,10-12,14,17,19H,3-5,8-9H2,1-2H3/t14-,17+/m0/s1. The summed E-state index contributed by atoms with van der Waals surface area (Å²) >= 11 is 0. The molecule has 3 heterocycles. The van der Waals surface area contributed by atoms with Gasteiger partial charge in [-0.2, -0.15) is 10.4 Å². The van der Waals surface area contributed by atoms with Crippen molar-refractivity contribution in [3.05, 3.63) is 41.5 Å². The highest BCUT2D eigenvalue weighted by Gasteiger charge is 2.30. The maximum atomic E-state index is 9.00. The predicted molar refractivity (Wildman–Crippen MR) is 86.5 cm³/mol. The molecule has 1 aliphatic rings. The first-order valence-corrected chi connectivity index (χ1v) is 8.11. The van der Waals surface area contributed by atoms with E-state index in [2.05, 4.69) is 29.6 Å². The Morgan fingerprint density at radius 2 is 2.35 bits per heavy atom. The van der Waals surface area contributed by atoms with Gasteiger partial charge in [-0.1, -0.05) is 0 Å². The van der Waals surface area contributed by atoms with Gasteiger partial charge in [0.1, 0.15) is 11.8 Å². The molecule has 0 saturated carbocycles. The summed E-state index contributed by atoms with van der Waals surface area (Å²) in [5.41, 5.74) is 3.00. The first kappa shape index (κ1) is 15.8. The van der Waals surface area contributed by atoms with Gasteiger partial charge >= 0.3 is 0 Å². The summed E-state index contributed by atoms with van der Waals surface area (Å²) in [4.78, 5) is 0. The number of rotatable bonds is 6. The molecule has 3 rings (SSSR count). The van der Waals surface area contributed by atoms with E-state index in [0.29, 0.717) is 11.6 Å². The summed E-state index contributed by atoms with van der Waals surface area (Å²) in [6.07, 6.45) is 7.20. The van der Waals surface area contributed by atoms with Crippen LogP contribution in [-0.4, -0.2) is 27.5 Å². The normalized spacial score (nSPS) is 20.7. The van der Waals surface area contributed by atoms with Crippen LogP contribution < -0.4 is 5.32 Å². The number of hydrogen-bond acceptors (Lipinski definition) is 4. The molecule has 2 aromatic rings. The molecule has 0 spiro atoms. The molecule has 0 unspecified atom stereocenters. The van der Waals surface area contributed by atoms with E-state index in [1.165, 1.54) is 5.56 Å². The third kappa shape index (κ3) is 3.46. The van der Waals surface area contributed by atoms with Crippen molar-refractivity contribution in [1.29, 1.82) is 5.26 Å². The summed E-state index contributed by atoms with van der Waals surface area (Å²) in [7, 11) is 1.90. The molecule has 2 atom stereocenters. The first-order valence-electron chi connectivity index (χ1n) is 8.11. The number of nitriles is 1. The molecular weight excluding hydrogens is 290 g/mol. The Balaban J connectivity index is 1.55. The number of nitrogens with one attached hydrogen (secondary N) is 1. The summed E-state index contributed by atoms with van der Waals surface area (Å²) in [5.74, 6) is 0.462. The van der Waals surface area contributed by atoms with E-state index in [9.17, 15) is 0 Å². The molecule has 0 bridgehead atoms. The van der Waals surface area contributed by atoms with E-state index in [1.54, 1.807) is 0 Å². The molecule has 0 amide bonds. The molecular formula is C17H23N5O. The maximum Gasteiger partial charge on any atom is 0.120 e. The molecule has 1 N–H and O–H groups in total. The third-order valence-electron chi connectivity index (χ3n) is 4.43. The smallest absolute Gasteiger partial charge is 0.120 e. The molecule has 0 radical (unpaired) electrons. The number of hydrogen-bond donors (Lipinski definition) is 1. The van der Waals surface area contributed by atoms with Crippen molar-refractivity contribution in [2.45, 2.75) is 32.5 Å². The summed E-state index contributed by atoms with van der Waals surface area (Å²) < 4.78 is 9.71. The van der Waals surface area contributed by atoms with Gasteiger partial charge in [-0.05, 0) is 25.0 Å². The van der Waals surface area contributed by atoms with Crippen LogP contribution >= 0.6 is 0 Å². The van der Waals surface area contributed by atoms with Gasteiger partial charge < -0.3 is 14.6 Å². The number of nitrogens with zero attached hydrogens (tertiary/aromatic N) is 4. The van der Waals surface area contributed by atoms with Crippen LogP contribution in [0.3, 0.4) is 0 Å². The Bertz CT molecular complexity index is 696. The lowest BCUT2D eigenvalue weighted by atomic mass is 9.97. The molecule has 1 saturated heterocycles. The van der Waals surface area contributed by atoms with E-state index in [1.807, 2.05) is 34.8 Å². The van der Waals surface area contributed by atoms with Gasteiger partial charge in [0, 0.05) is 57.2 Å². The monoisotopic (exact) mass is 313 g/mol. The average Bonchev–Trinajstić information content (AvgIpc) is 3.26. The molecule has 23 heavy (non-hydrogen) atoms. The SMILES string of the molecule is CCn1cc([C@@H]2OCC[C@H]2CNCc2cc(C#N)n(C)c2)cn1. The van der Waals surface area contributed by atoms with Crippen molar-refractivity contribution >= 4 is 0 Å². The molecule has 2 aromatic heterocycles. The highest BCUT2D eigenvalue weighted by molar-refractivity contribution is 5.28. The third-order valence-corrected chi connectivity index (χ3v) is 4.43. The van der Waals surface area contributed by atoms with Gasteiger partial charge in [-0.25, -0.2) is 0 Å². The number of ether oxygens (including phenoxy) is 1. The summed E-state index contributed by atoms with van der Waals surface area (Å²) in [6.45, 7) is 5.44. The van der Waals surface area contributed by atoms with Crippen molar-refractivity contribution in [2.24, 2.45) is 13.0 Å². The van der Waals surface area contributed by atoms with Gasteiger partial charge in [-0.3, -0.25) is 4.68 Å². The molecule has 122 valence electrons. The van der Waals surface area contributed by atoms with E-state index in [-0.39, 0.29) is 6.10 Å². The van der Waals surface area contributed by atoms with Crippen LogP contribution in [0.1, 0.15) is 36.3 Å². The van der Waals surface area contributed by atoms with Crippen molar-refractivity contribution in [2.75, 3.05) is 13.2 Å². The zero-order chi connectivity index (χ0) is 16.2. The van der Waals surface area contributed by atoms with Crippen LogP contribution in [0, 0.1) is 17.2 Å². The largest absolute Gasteiger partial charge is 0.373 e. The van der Waals surface area contributed by atoms with Crippen LogP contribution in [0.15, 0.2) is 24.7 Å². The quantitative estimate of drug-likeness (QED) is 0.885. The Labute approximate surface area is 136 Å². The van der Waals surface area contributed by atoms with Gasteiger partial charge in [-0.15, -0.1) is 0 Å². The molecule has 6 nitrogen and oxygen atoms in total. The second kappa shape index (κ2) is 6.99. The van der Waals surface area contributed by atoms with Crippen LogP contribution in [0.25, 0.3) is 0 Å². The second-order valence-electron chi connectivity index (χ2n) is 6.06. The molecule has 1 fully saturated rings. The highest BCUT2D eigenvalue weighted by Crippen LogP contribution is 2.33.